The predicted molar refractivity (Wildman–Crippen MR) is 49.3 cm³/mol. The summed E-state index contributed by atoms with van der Waals surface area (Å²) in [7, 11) is -1.10. The number of ether oxygens (including phenoxy) is 1. The van der Waals surface area contributed by atoms with Crippen molar-refractivity contribution in [3.63, 3.8) is 0 Å². The molecule has 0 bridgehead atoms. The van der Waals surface area contributed by atoms with Gasteiger partial charge in [-0.2, -0.15) is 0 Å². The first-order chi connectivity index (χ1) is 6.78. The third-order valence-electron chi connectivity index (χ3n) is 1.60. The van der Waals surface area contributed by atoms with Crippen molar-refractivity contribution in [3.8, 4) is 0 Å². The summed E-state index contributed by atoms with van der Waals surface area (Å²) in [5, 5.41) is 0. The first-order valence-corrected chi connectivity index (χ1v) is 6.37. The largest absolute Gasteiger partial charge is 0.353 e. The summed E-state index contributed by atoms with van der Waals surface area (Å²) >= 11 is 0. The topological polar surface area (TPSA) is 55.4 Å². The minimum atomic E-state index is -1.37. The van der Waals surface area contributed by atoms with Gasteiger partial charge in [0.15, 0.2) is 6.29 Å². The van der Waals surface area contributed by atoms with Crippen molar-refractivity contribution in [2.75, 3.05) is 20.3 Å². The maximum atomic E-state index is 5.34. The van der Waals surface area contributed by atoms with E-state index in [0.29, 0.717) is 13.2 Å². The summed E-state index contributed by atoms with van der Waals surface area (Å²) in [5.41, 5.74) is 0. The van der Waals surface area contributed by atoms with E-state index < -0.39 is 17.2 Å². The molecule has 4 atom stereocenters. The Hall–Kier alpha value is 0.620. The first kappa shape index (κ1) is 11.1. The Labute approximate surface area is 84.8 Å². The molecule has 0 N–H and O–H groups in total. The van der Waals surface area contributed by atoms with Gasteiger partial charge in [0.2, 0.25) is 0 Å². The summed E-state index contributed by atoms with van der Waals surface area (Å²) < 4.78 is 31.3. The van der Waals surface area contributed by atoms with Crippen LogP contribution < -0.4 is 0 Å². The zero-order chi connectivity index (χ0) is 9.97. The van der Waals surface area contributed by atoms with Crippen LogP contribution in [0.3, 0.4) is 0 Å². The Morgan fingerprint density at radius 3 is 2.43 bits per heavy atom. The summed E-state index contributed by atoms with van der Waals surface area (Å²) in [6.07, 6.45) is -0.256. The fourth-order valence-corrected chi connectivity index (χ4v) is 3.41. The highest BCUT2D eigenvalue weighted by molar-refractivity contribution is 7.55. The lowest BCUT2D eigenvalue weighted by molar-refractivity contribution is -0.0380. The second kappa shape index (κ2) is 5.10. The normalized spacial score (nSPS) is 43.3. The standard InChI is InChI=1S/C6H12O6P2/c1-5-3-8-13(10-5)12-14-9-4-6(7-2)11-14/h5-6H,3-4H2,1-2H3. The third-order valence-corrected chi connectivity index (χ3v) is 4.32. The quantitative estimate of drug-likeness (QED) is 0.704. The Kier molecular flexibility index (Phi) is 4.05. The van der Waals surface area contributed by atoms with Crippen LogP contribution in [0.5, 0.6) is 0 Å². The van der Waals surface area contributed by atoms with Gasteiger partial charge in [0.05, 0.1) is 12.7 Å². The van der Waals surface area contributed by atoms with Gasteiger partial charge in [-0.25, -0.2) is 4.31 Å². The van der Waals surface area contributed by atoms with Crippen molar-refractivity contribution in [1.29, 1.82) is 0 Å². The fraction of sp³-hybridized carbons (Fsp3) is 1.00. The smallest absolute Gasteiger partial charge is 0.342 e. The van der Waals surface area contributed by atoms with E-state index in [0.717, 1.165) is 0 Å². The molecule has 0 aliphatic carbocycles. The highest BCUT2D eigenvalue weighted by atomic mass is 31.2. The third kappa shape index (κ3) is 2.81. The van der Waals surface area contributed by atoms with Crippen molar-refractivity contribution in [1.82, 2.24) is 0 Å². The lowest BCUT2D eigenvalue weighted by Gasteiger charge is -2.11. The molecular weight excluding hydrogens is 230 g/mol. The predicted octanol–water partition coefficient (Wildman–Crippen LogP) is 1.91. The molecule has 0 radical (unpaired) electrons. The van der Waals surface area contributed by atoms with E-state index in [2.05, 4.69) is 0 Å². The van der Waals surface area contributed by atoms with E-state index in [9.17, 15) is 0 Å². The fourth-order valence-electron chi connectivity index (χ4n) is 0.903. The van der Waals surface area contributed by atoms with Crippen molar-refractivity contribution < 1.29 is 27.1 Å². The van der Waals surface area contributed by atoms with Gasteiger partial charge < -0.3 is 18.3 Å². The average Bonchev–Trinajstić information content (AvgIpc) is 2.76. The second-order valence-corrected chi connectivity index (χ2v) is 5.29. The molecule has 2 heterocycles. The summed E-state index contributed by atoms with van der Waals surface area (Å²) in [6, 6.07) is 0. The van der Waals surface area contributed by atoms with Crippen LogP contribution in [0, 0.1) is 0 Å². The Balaban J connectivity index is 1.71. The van der Waals surface area contributed by atoms with E-state index >= 15 is 0 Å². The van der Waals surface area contributed by atoms with Gasteiger partial charge in [-0.15, -0.1) is 0 Å². The molecule has 6 nitrogen and oxygen atoms in total. The molecule has 0 aromatic rings. The maximum absolute atomic E-state index is 5.34. The first-order valence-electron chi connectivity index (χ1n) is 4.18. The zero-order valence-electron chi connectivity index (χ0n) is 7.91. The molecule has 82 valence electrons. The highest BCUT2D eigenvalue weighted by Gasteiger charge is 2.35. The van der Waals surface area contributed by atoms with Crippen LogP contribution in [0.25, 0.3) is 0 Å². The number of hydrogen-bond donors (Lipinski definition) is 0. The lowest BCUT2D eigenvalue weighted by Crippen LogP contribution is -2.10. The minimum Gasteiger partial charge on any atom is -0.353 e. The maximum Gasteiger partial charge on any atom is 0.342 e. The van der Waals surface area contributed by atoms with Gasteiger partial charge in [0.25, 0.3) is 0 Å². The molecule has 0 aromatic carbocycles. The van der Waals surface area contributed by atoms with Gasteiger partial charge in [-0.1, -0.05) is 0 Å². The highest BCUT2D eigenvalue weighted by Crippen LogP contribution is 2.60. The van der Waals surface area contributed by atoms with E-state index in [-0.39, 0.29) is 12.4 Å². The van der Waals surface area contributed by atoms with E-state index in [1.807, 2.05) is 6.92 Å². The van der Waals surface area contributed by atoms with Gasteiger partial charge in [-0.05, 0) is 6.92 Å². The van der Waals surface area contributed by atoms with Crippen LogP contribution in [0.2, 0.25) is 0 Å². The molecule has 2 aliphatic rings. The SMILES string of the molecule is COC1COP(OP2OCC(C)O2)O1. The summed E-state index contributed by atoms with van der Waals surface area (Å²) in [5.74, 6) is 0. The molecule has 0 saturated carbocycles. The van der Waals surface area contributed by atoms with E-state index in [1.165, 1.54) is 0 Å². The summed E-state index contributed by atoms with van der Waals surface area (Å²) in [4.78, 5) is 0. The molecule has 0 amide bonds. The Morgan fingerprint density at radius 1 is 1.14 bits per heavy atom. The van der Waals surface area contributed by atoms with Crippen LogP contribution in [0.15, 0.2) is 0 Å². The van der Waals surface area contributed by atoms with Crippen LogP contribution in [-0.4, -0.2) is 32.7 Å². The molecule has 2 rings (SSSR count). The molecule has 0 aromatic heterocycles. The van der Waals surface area contributed by atoms with Crippen molar-refractivity contribution in [2.24, 2.45) is 0 Å². The van der Waals surface area contributed by atoms with Gasteiger partial charge in [-0.3, -0.25) is 4.52 Å². The van der Waals surface area contributed by atoms with Gasteiger partial charge >= 0.3 is 17.2 Å². The second-order valence-electron chi connectivity index (χ2n) is 2.81. The number of hydrogen-bond acceptors (Lipinski definition) is 6. The van der Waals surface area contributed by atoms with Crippen molar-refractivity contribution in [2.45, 2.75) is 19.3 Å². The van der Waals surface area contributed by atoms with E-state index in [4.69, 9.17) is 27.1 Å². The molecule has 2 fully saturated rings. The number of methoxy groups -OCH3 is 1. The molecule has 2 saturated heterocycles. The average molecular weight is 242 g/mol. The van der Waals surface area contributed by atoms with Crippen LogP contribution >= 0.6 is 17.2 Å². The van der Waals surface area contributed by atoms with Crippen LogP contribution in [0.4, 0.5) is 0 Å². The van der Waals surface area contributed by atoms with Crippen LogP contribution in [0.1, 0.15) is 6.92 Å². The van der Waals surface area contributed by atoms with Gasteiger partial charge in [0, 0.05) is 7.11 Å². The minimum absolute atomic E-state index is 0.0805. The molecule has 2 aliphatic heterocycles. The van der Waals surface area contributed by atoms with E-state index in [1.54, 1.807) is 7.11 Å². The lowest BCUT2D eigenvalue weighted by atomic mass is 10.5. The van der Waals surface area contributed by atoms with Gasteiger partial charge in [0.1, 0.15) is 6.61 Å². The molecular formula is C6H12O6P2. The molecule has 4 unspecified atom stereocenters. The zero-order valence-corrected chi connectivity index (χ0v) is 9.70. The molecule has 0 spiro atoms. The van der Waals surface area contributed by atoms with Crippen molar-refractivity contribution in [3.05, 3.63) is 0 Å². The molecule has 14 heavy (non-hydrogen) atoms. The monoisotopic (exact) mass is 242 g/mol. The molecule has 8 heteroatoms. The van der Waals surface area contributed by atoms with Crippen LogP contribution in [-0.2, 0) is 27.1 Å². The Morgan fingerprint density at radius 2 is 1.86 bits per heavy atom. The Bertz CT molecular complexity index is 193. The number of rotatable bonds is 3. The van der Waals surface area contributed by atoms with Crippen molar-refractivity contribution >= 4 is 17.2 Å². The summed E-state index contributed by atoms with van der Waals surface area (Å²) in [6.45, 7) is 2.87.